The standard InChI is InChI=1S/C24H24ClF2N3O4S/c1-2-3-10-34-15-4-6-16(7-5-15)35(32,33)30-20-9-8-19(26)21(22(20)27)23(31)18-13-29-24-17(18)11-14(25)12-28-24/h4-9,11,14,18,30H,2-3,10,12-13H2,1H3,(H,28,29). The van der Waals surface area contributed by atoms with E-state index in [1.807, 2.05) is 6.92 Å². The van der Waals surface area contributed by atoms with Crippen LogP contribution in [0.25, 0.3) is 0 Å². The van der Waals surface area contributed by atoms with E-state index in [1.165, 1.54) is 24.3 Å². The van der Waals surface area contributed by atoms with E-state index in [0.717, 1.165) is 25.0 Å². The number of rotatable bonds is 9. The normalized spacial score (nSPS) is 19.3. The van der Waals surface area contributed by atoms with Gasteiger partial charge in [-0.05, 0) is 42.8 Å². The lowest BCUT2D eigenvalue weighted by molar-refractivity contribution is 0.0939. The number of anilines is 1. The number of unbranched alkanes of at least 4 members (excludes halogenated alkanes) is 1. The molecule has 35 heavy (non-hydrogen) atoms. The molecule has 2 unspecified atom stereocenters. The lowest BCUT2D eigenvalue weighted by Crippen LogP contribution is -2.23. The molecule has 0 spiro atoms. The van der Waals surface area contributed by atoms with Gasteiger partial charge in [-0.3, -0.25) is 14.5 Å². The molecular weight excluding hydrogens is 500 g/mol. The van der Waals surface area contributed by atoms with Gasteiger partial charge in [0, 0.05) is 12.1 Å². The number of hydrogen-bond donors (Lipinski definition) is 2. The number of nitrogens with one attached hydrogen (secondary N) is 2. The van der Waals surface area contributed by atoms with Crippen molar-refractivity contribution >= 4 is 38.9 Å². The van der Waals surface area contributed by atoms with Crippen molar-refractivity contribution in [2.75, 3.05) is 24.4 Å². The van der Waals surface area contributed by atoms with Crippen LogP contribution in [0.5, 0.6) is 5.75 Å². The molecule has 186 valence electrons. The maximum absolute atomic E-state index is 15.3. The van der Waals surface area contributed by atoms with Crippen LogP contribution >= 0.6 is 11.6 Å². The molecule has 2 N–H and O–H groups in total. The minimum Gasteiger partial charge on any atom is -0.494 e. The number of amidine groups is 1. The highest BCUT2D eigenvalue weighted by Gasteiger charge is 2.37. The quantitative estimate of drug-likeness (QED) is 0.290. The van der Waals surface area contributed by atoms with Crippen LogP contribution in [0.2, 0.25) is 0 Å². The Balaban J connectivity index is 1.57. The number of hydrogen-bond acceptors (Lipinski definition) is 6. The second kappa shape index (κ2) is 10.3. The van der Waals surface area contributed by atoms with E-state index in [2.05, 4.69) is 15.0 Å². The average Bonchev–Trinajstić information content (AvgIpc) is 3.24. The van der Waals surface area contributed by atoms with Crippen LogP contribution in [0.3, 0.4) is 0 Å². The molecule has 0 aromatic heterocycles. The van der Waals surface area contributed by atoms with Gasteiger partial charge in [0.2, 0.25) is 0 Å². The Morgan fingerprint density at radius 2 is 1.97 bits per heavy atom. The Bertz CT molecular complexity index is 1300. The third kappa shape index (κ3) is 5.33. The van der Waals surface area contributed by atoms with Gasteiger partial charge in [0.05, 0.1) is 40.6 Å². The van der Waals surface area contributed by atoms with E-state index >= 15 is 4.39 Å². The Morgan fingerprint density at radius 1 is 1.23 bits per heavy atom. The molecule has 0 bridgehead atoms. The molecule has 0 saturated carbocycles. The minimum absolute atomic E-state index is 0.106. The monoisotopic (exact) mass is 523 g/mol. The first-order chi connectivity index (χ1) is 16.7. The van der Waals surface area contributed by atoms with Gasteiger partial charge in [-0.15, -0.1) is 11.6 Å². The smallest absolute Gasteiger partial charge is 0.261 e. The summed E-state index contributed by atoms with van der Waals surface area (Å²) in [5, 5.41) is 2.52. The summed E-state index contributed by atoms with van der Waals surface area (Å²) in [7, 11) is -4.22. The molecule has 7 nitrogen and oxygen atoms in total. The number of alkyl halides is 1. The number of halogens is 3. The van der Waals surface area contributed by atoms with E-state index < -0.39 is 50.0 Å². The van der Waals surface area contributed by atoms with Gasteiger partial charge in [0.25, 0.3) is 10.0 Å². The van der Waals surface area contributed by atoms with Gasteiger partial charge in [-0.25, -0.2) is 17.2 Å². The molecule has 2 aromatic rings. The van der Waals surface area contributed by atoms with Crippen molar-refractivity contribution in [1.29, 1.82) is 0 Å². The number of aliphatic imine (C=N–C) groups is 1. The van der Waals surface area contributed by atoms with E-state index in [-0.39, 0.29) is 11.4 Å². The molecule has 0 amide bonds. The van der Waals surface area contributed by atoms with Crippen LogP contribution in [-0.2, 0) is 10.0 Å². The van der Waals surface area contributed by atoms with Crippen molar-refractivity contribution in [2.24, 2.45) is 10.9 Å². The summed E-state index contributed by atoms with van der Waals surface area (Å²) in [5.41, 5.74) is -0.881. The molecule has 4 rings (SSSR count). The molecule has 1 fully saturated rings. The largest absolute Gasteiger partial charge is 0.494 e. The first-order valence-electron chi connectivity index (χ1n) is 11.1. The number of benzene rings is 2. The predicted molar refractivity (Wildman–Crippen MR) is 130 cm³/mol. The lowest BCUT2D eigenvalue weighted by Gasteiger charge is -2.17. The summed E-state index contributed by atoms with van der Waals surface area (Å²) >= 11 is 6.10. The number of ketones is 1. The van der Waals surface area contributed by atoms with Gasteiger partial charge in [0.1, 0.15) is 17.4 Å². The topological polar surface area (TPSA) is 96.9 Å². The summed E-state index contributed by atoms with van der Waals surface area (Å²) in [6.07, 6.45) is 3.46. The van der Waals surface area contributed by atoms with E-state index in [0.29, 0.717) is 30.3 Å². The molecule has 0 aliphatic carbocycles. The summed E-state index contributed by atoms with van der Waals surface area (Å²) in [5.74, 6) is -3.13. The fraction of sp³-hybridized carbons (Fsp3) is 0.333. The van der Waals surface area contributed by atoms with Gasteiger partial charge in [-0.1, -0.05) is 19.4 Å². The van der Waals surface area contributed by atoms with Crippen molar-refractivity contribution in [1.82, 2.24) is 5.32 Å². The fourth-order valence-corrected chi connectivity index (χ4v) is 5.13. The third-order valence-electron chi connectivity index (χ3n) is 5.71. The number of dihydropyridines is 1. The van der Waals surface area contributed by atoms with Gasteiger partial charge >= 0.3 is 0 Å². The first-order valence-corrected chi connectivity index (χ1v) is 13.1. The highest BCUT2D eigenvalue weighted by molar-refractivity contribution is 7.92. The van der Waals surface area contributed by atoms with Gasteiger partial charge < -0.3 is 10.1 Å². The zero-order chi connectivity index (χ0) is 25.2. The molecule has 2 aromatic carbocycles. The van der Waals surface area contributed by atoms with E-state index in [9.17, 15) is 17.6 Å². The number of Topliss-reactive ketones (excluding diaryl/α,β-unsaturated/α-hetero) is 1. The predicted octanol–water partition coefficient (Wildman–Crippen LogP) is 4.29. The maximum atomic E-state index is 15.3. The number of nitrogens with zero attached hydrogens (tertiary/aromatic N) is 1. The Labute approximate surface area is 207 Å². The molecule has 0 radical (unpaired) electrons. The summed E-state index contributed by atoms with van der Waals surface area (Å²) < 4.78 is 63.2. The highest BCUT2D eigenvalue weighted by Crippen LogP contribution is 2.31. The molecular formula is C24H24ClF2N3O4S. The number of carbonyl (C=O) groups excluding carboxylic acids is 1. The Kier molecular flexibility index (Phi) is 7.42. The average molecular weight is 524 g/mol. The molecule has 2 aliphatic rings. The third-order valence-corrected chi connectivity index (χ3v) is 7.35. The zero-order valence-electron chi connectivity index (χ0n) is 18.9. The molecule has 2 atom stereocenters. The summed E-state index contributed by atoms with van der Waals surface area (Å²) in [6.45, 7) is 2.97. The molecule has 2 aliphatic heterocycles. The summed E-state index contributed by atoms with van der Waals surface area (Å²) in [6, 6.07) is 7.43. The number of ether oxygens (including phenoxy) is 1. The van der Waals surface area contributed by atoms with Crippen molar-refractivity contribution < 1.29 is 26.7 Å². The van der Waals surface area contributed by atoms with E-state index in [1.54, 1.807) is 6.08 Å². The van der Waals surface area contributed by atoms with E-state index in [4.69, 9.17) is 16.3 Å². The zero-order valence-corrected chi connectivity index (χ0v) is 20.4. The second-order valence-corrected chi connectivity index (χ2v) is 10.4. The highest BCUT2D eigenvalue weighted by atomic mass is 35.5. The van der Waals surface area contributed by atoms with Crippen molar-refractivity contribution in [3.63, 3.8) is 0 Å². The second-order valence-electron chi connectivity index (χ2n) is 8.19. The van der Waals surface area contributed by atoms with Crippen molar-refractivity contribution in [3.8, 4) is 5.75 Å². The summed E-state index contributed by atoms with van der Waals surface area (Å²) in [4.78, 5) is 17.2. The van der Waals surface area contributed by atoms with Crippen LogP contribution in [-0.4, -0.2) is 45.1 Å². The Hall–Kier alpha value is -2.98. The first kappa shape index (κ1) is 25.1. The molecule has 11 heteroatoms. The van der Waals surface area contributed by atoms with Crippen LogP contribution in [0, 0.1) is 17.6 Å². The van der Waals surface area contributed by atoms with Gasteiger partial charge in [0.15, 0.2) is 11.6 Å². The lowest BCUT2D eigenvalue weighted by atomic mass is 9.90. The molecule has 2 heterocycles. The fourth-order valence-electron chi connectivity index (χ4n) is 3.86. The SMILES string of the molecule is CCCCOc1ccc(S(=O)(=O)Nc2ccc(F)c(C(=O)C3CNC4=NCC(Cl)C=C43)c2F)cc1. The van der Waals surface area contributed by atoms with Gasteiger partial charge in [-0.2, -0.15) is 0 Å². The minimum atomic E-state index is -4.22. The molecule has 1 saturated heterocycles. The van der Waals surface area contributed by atoms with Crippen LogP contribution in [0.4, 0.5) is 14.5 Å². The van der Waals surface area contributed by atoms with Crippen molar-refractivity contribution in [3.05, 3.63) is 65.2 Å². The van der Waals surface area contributed by atoms with Crippen LogP contribution in [0.15, 0.2) is 57.9 Å². The van der Waals surface area contributed by atoms with Crippen LogP contribution in [0.1, 0.15) is 30.1 Å². The number of carbonyl (C=O) groups is 1. The Morgan fingerprint density at radius 3 is 2.69 bits per heavy atom. The number of fused-ring (bicyclic) bond motifs is 1. The van der Waals surface area contributed by atoms with Crippen LogP contribution < -0.4 is 14.8 Å². The van der Waals surface area contributed by atoms with Crippen molar-refractivity contribution in [2.45, 2.75) is 30.0 Å². The number of sulfonamides is 1. The maximum Gasteiger partial charge on any atom is 0.261 e.